The van der Waals surface area contributed by atoms with Crippen LogP contribution in [0.2, 0.25) is 0 Å². The summed E-state index contributed by atoms with van der Waals surface area (Å²) >= 11 is 0. The molecule has 1 atom stereocenters. The Morgan fingerprint density at radius 3 is 3.00 bits per heavy atom. The lowest BCUT2D eigenvalue weighted by molar-refractivity contribution is 0.271. The molecule has 1 aliphatic heterocycles. The van der Waals surface area contributed by atoms with Crippen molar-refractivity contribution in [3.05, 3.63) is 12.5 Å². The molecule has 3 rings (SSSR count). The Kier molecular flexibility index (Phi) is 4.46. The molecule has 0 saturated carbocycles. The van der Waals surface area contributed by atoms with Crippen molar-refractivity contribution < 1.29 is 13.5 Å². The summed E-state index contributed by atoms with van der Waals surface area (Å²) in [6.07, 6.45) is 6.02. The van der Waals surface area contributed by atoms with Crippen LogP contribution in [0.15, 0.2) is 12.5 Å². The minimum Gasteiger partial charge on any atom is -0.394 e. The molecular weight excluding hydrogens is 320 g/mol. The van der Waals surface area contributed by atoms with Crippen LogP contribution >= 0.6 is 0 Å². The molecule has 2 aromatic rings. The zero-order valence-corrected chi connectivity index (χ0v) is 13.7. The third kappa shape index (κ3) is 3.59. The molecule has 0 amide bonds. The molecule has 23 heavy (non-hydrogen) atoms. The van der Waals surface area contributed by atoms with Crippen molar-refractivity contribution in [2.24, 2.45) is 0 Å². The maximum atomic E-state index is 11.4. The number of nitrogens with zero attached hydrogens (tertiary/aromatic N) is 5. The summed E-state index contributed by atoms with van der Waals surface area (Å²) in [7, 11) is -3.23. The molecule has 1 saturated heterocycles. The van der Waals surface area contributed by atoms with Gasteiger partial charge in [-0.2, -0.15) is 5.10 Å². The van der Waals surface area contributed by atoms with Crippen LogP contribution in [0.3, 0.4) is 0 Å². The minimum absolute atomic E-state index is 0.0137. The van der Waals surface area contributed by atoms with Gasteiger partial charge >= 0.3 is 0 Å². The van der Waals surface area contributed by atoms with Gasteiger partial charge in [-0.3, -0.25) is 0 Å². The summed E-state index contributed by atoms with van der Waals surface area (Å²) in [5, 5.41) is 14.1. The molecule has 2 aromatic heterocycles. The highest BCUT2D eigenvalue weighted by molar-refractivity contribution is 7.88. The van der Waals surface area contributed by atoms with E-state index in [4.69, 9.17) is 5.11 Å². The van der Waals surface area contributed by atoms with Crippen molar-refractivity contribution in [3.63, 3.8) is 0 Å². The molecular formula is C13H20N6O3S. The van der Waals surface area contributed by atoms with E-state index in [1.807, 2.05) is 0 Å². The fraction of sp³-hybridized carbons (Fsp3) is 0.615. The third-order valence-electron chi connectivity index (χ3n) is 3.83. The van der Waals surface area contributed by atoms with Gasteiger partial charge in [-0.05, 0) is 12.8 Å². The van der Waals surface area contributed by atoms with Crippen LogP contribution in [-0.4, -0.2) is 65.3 Å². The highest BCUT2D eigenvalue weighted by Gasteiger charge is 2.25. The van der Waals surface area contributed by atoms with Crippen molar-refractivity contribution in [2.45, 2.75) is 25.4 Å². The number of sulfonamides is 1. The number of anilines is 1. The van der Waals surface area contributed by atoms with E-state index in [-0.39, 0.29) is 12.6 Å². The number of aliphatic hydroxyl groups excluding tert-OH is 1. The van der Waals surface area contributed by atoms with E-state index in [1.54, 1.807) is 10.9 Å². The van der Waals surface area contributed by atoms with Gasteiger partial charge in [0.1, 0.15) is 12.1 Å². The summed E-state index contributed by atoms with van der Waals surface area (Å²) in [5.41, 5.74) is 0.669. The molecule has 0 radical (unpaired) electrons. The Balaban J connectivity index is 1.87. The first-order valence-corrected chi connectivity index (χ1v) is 9.36. The molecule has 9 nitrogen and oxygen atoms in total. The second kappa shape index (κ2) is 6.38. The number of aliphatic hydroxyl groups is 1. The first kappa shape index (κ1) is 16.1. The fourth-order valence-electron chi connectivity index (χ4n) is 2.96. The maximum Gasteiger partial charge on any atom is 0.209 e. The maximum absolute atomic E-state index is 11.4. The Labute approximate surface area is 134 Å². The summed E-state index contributed by atoms with van der Waals surface area (Å²) < 4.78 is 27.2. The second-order valence-corrected chi connectivity index (χ2v) is 7.48. The summed E-state index contributed by atoms with van der Waals surface area (Å²) in [6, 6.07) is -0.128. The number of fused-ring (bicyclic) bond motifs is 1. The highest BCUT2D eigenvalue weighted by Crippen LogP contribution is 2.25. The lowest BCUT2D eigenvalue weighted by Gasteiger charge is -2.33. The second-order valence-electron chi connectivity index (χ2n) is 5.70. The standard InChI is InChI=1S/C13H20N6O3S/c1-23(21,22)17-10-3-2-4-18(8-10)12-11-7-16-19(5-6-20)13(11)15-9-14-12/h7,9-10,17,20H,2-6,8H2,1H3/t10-/m0/s1. The van der Waals surface area contributed by atoms with E-state index in [0.29, 0.717) is 18.7 Å². The lowest BCUT2D eigenvalue weighted by atomic mass is 10.1. The topological polar surface area (TPSA) is 113 Å². The number of nitrogens with one attached hydrogen (secondary N) is 1. The van der Waals surface area contributed by atoms with Crippen LogP contribution in [0.25, 0.3) is 11.0 Å². The smallest absolute Gasteiger partial charge is 0.209 e. The van der Waals surface area contributed by atoms with E-state index >= 15 is 0 Å². The zero-order chi connectivity index (χ0) is 16.4. The Morgan fingerprint density at radius 1 is 1.43 bits per heavy atom. The summed E-state index contributed by atoms with van der Waals surface area (Å²) in [5.74, 6) is 0.749. The first-order chi connectivity index (χ1) is 11.0. The Bertz CT molecular complexity index is 790. The van der Waals surface area contributed by atoms with Gasteiger partial charge < -0.3 is 10.0 Å². The SMILES string of the molecule is CS(=O)(=O)N[C@H]1CCCN(c2ncnc3c2cnn3CCO)C1. The molecule has 126 valence electrons. The summed E-state index contributed by atoms with van der Waals surface area (Å²) in [6.45, 7) is 1.72. The number of rotatable bonds is 5. The van der Waals surface area contributed by atoms with Gasteiger partial charge in [0, 0.05) is 19.1 Å². The lowest BCUT2D eigenvalue weighted by Crippen LogP contribution is -2.47. The van der Waals surface area contributed by atoms with Crippen molar-refractivity contribution in [3.8, 4) is 0 Å². The number of hydrogen-bond donors (Lipinski definition) is 2. The monoisotopic (exact) mass is 340 g/mol. The first-order valence-electron chi connectivity index (χ1n) is 7.47. The van der Waals surface area contributed by atoms with Gasteiger partial charge in [0.2, 0.25) is 10.0 Å². The largest absolute Gasteiger partial charge is 0.394 e. The summed E-state index contributed by atoms with van der Waals surface area (Å²) in [4.78, 5) is 10.6. The van der Waals surface area contributed by atoms with Gasteiger partial charge in [0.25, 0.3) is 0 Å². The average molecular weight is 340 g/mol. The molecule has 3 heterocycles. The Hall–Kier alpha value is -1.78. The molecule has 1 fully saturated rings. The molecule has 0 bridgehead atoms. The van der Waals surface area contributed by atoms with E-state index in [1.165, 1.54) is 12.6 Å². The van der Waals surface area contributed by atoms with Crippen molar-refractivity contribution in [1.29, 1.82) is 0 Å². The predicted molar refractivity (Wildman–Crippen MR) is 85.6 cm³/mol. The zero-order valence-electron chi connectivity index (χ0n) is 12.9. The molecule has 0 aromatic carbocycles. The molecule has 1 aliphatic rings. The van der Waals surface area contributed by atoms with E-state index in [0.717, 1.165) is 30.6 Å². The highest BCUT2D eigenvalue weighted by atomic mass is 32.2. The predicted octanol–water partition coefficient (Wildman–Crippen LogP) is -0.663. The molecule has 0 aliphatic carbocycles. The van der Waals surface area contributed by atoms with Gasteiger partial charge in [0.15, 0.2) is 5.65 Å². The normalized spacial score (nSPS) is 19.4. The quantitative estimate of drug-likeness (QED) is 0.742. The van der Waals surface area contributed by atoms with E-state index < -0.39 is 10.0 Å². The van der Waals surface area contributed by atoms with Gasteiger partial charge in [-0.25, -0.2) is 27.8 Å². The molecule has 0 unspecified atom stereocenters. The van der Waals surface area contributed by atoms with Crippen molar-refractivity contribution in [2.75, 3.05) is 30.9 Å². The molecule has 2 N–H and O–H groups in total. The average Bonchev–Trinajstić information content (AvgIpc) is 2.89. The Morgan fingerprint density at radius 2 is 2.26 bits per heavy atom. The van der Waals surface area contributed by atoms with Crippen LogP contribution in [0.1, 0.15) is 12.8 Å². The van der Waals surface area contributed by atoms with Gasteiger partial charge in [-0.1, -0.05) is 0 Å². The van der Waals surface area contributed by atoms with Crippen LogP contribution in [0, 0.1) is 0 Å². The fourth-order valence-corrected chi connectivity index (χ4v) is 3.76. The van der Waals surface area contributed by atoms with Crippen LogP contribution < -0.4 is 9.62 Å². The number of aromatic nitrogens is 4. The van der Waals surface area contributed by atoms with Crippen LogP contribution in [0.5, 0.6) is 0 Å². The van der Waals surface area contributed by atoms with Gasteiger partial charge in [-0.15, -0.1) is 0 Å². The van der Waals surface area contributed by atoms with E-state index in [9.17, 15) is 8.42 Å². The van der Waals surface area contributed by atoms with E-state index in [2.05, 4.69) is 24.7 Å². The minimum atomic E-state index is -3.23. The van der Waals surface area contributed by atoms with Crippen LogP contribution in [-0.2, 0) is 16.6 Å². The van der Waals surface area contributed by atoms with Crippen LogP contribution in [0.4, 0.5) is 5.82 Å². The van der Waals surface area contributed by atoms with Crippen molar-refractivity contribution >= 4 is 26.9 Å². The number of piperidine rings is 1. The van der Waals surface area contributed by atoms with Crippen molar-refractivity contribution in [1.82, 2.24) is 24.5 Å². The molecule has 10 heteroatoms. The number of hydrogen-bond acceptors (Lipinski definition) is 7. The third-order valence-corrected chi connectivity index (χ3v) is 4.59. The van der Waals surface area contributed by atoms with Gasteiger partial charge in [0.05, 0.1) is 31.0 Å². The molecule has 0 spiro atoms.